The number of fused-ring (bicyclic) bond motifs is 2. The predicted octanol–water partition coefficient (Wildman–Crippen LogP) is 5.01. The minimum Gasteiger partial charge on any atom is -0.386 e. The molecule has 6 aromatic rings. The van der Waals surface area contributed by atoms with Crippen LogP contribution in [-0.4, -0.2) is 122 Å². The average molecular weight is 966 g/mol. The summed E-state index contributed by atoms with van der Waals surface area (Å²) in [6.07, 6.45) is 5.49. The molecule has 0 bridgehead atoms. The predicted molar refractivity (Wildman–Crippen MR) is 255 cm³/mol. The number of piperazine rings is 1. The molecule has 4 saturated heterocycles. The van der Waals surface area contributed by atoms with Gasteiger partial charge in [0.15, 0.2) is 5.82 Å². The van der Waals surface area contributed by atoms with Crippen molar-refractivity contribution in [3.8, 4) is 5.69 Å². The number of nitrogens with zero attached hydrogens (tertiary/aromatic N) is 9. The van der Waals surface area contributed by atoms with Crippen molar-refractivity contribution in [1.82, 2.24) is 43.3 Å². The maximum absolute atomic E-state index is 15.8. The normalized spacial score (nSPS) is 19.2. The highest BCUT2D eigenvalue weighted by molar-refractivity contribution is 6.00. The summed E-state index contributed by atoms with van der Waals surface area (Å²) in [7, 11) is 5.01. The van der Waals surface area contributed by atoms with Gasteiger partial charge in [0, 0.05) is 120 Å². The van der Waals surface area contributed by atoms with Crippen molar-refractivity contribution in [2.24, 2.45) is 20.0 Å². The number of benzene rings is 2. The first kappa shape index (κ1) is 46.9. The highest BCUT2D eigenvalue weighted by Crippen LogP contribution is 2.35. The van der Waals surface area contributed by atoms with Crippen LogP contribution in [0.5, 0.6) is 0 Å². The molecule has 3 amide bonds. The number of halogens is 4. The summed E-state index contributed by atoms with van der Waals surface area (Å²) < 4.78 is 68.0. The molecule has 4 aliphatic rings. The minimum atomic E-state index is -0.904. The summed E-state index contributed by atoms with van der Waals surface area (Å²) in [5, 5.41) is 5.65. The molecule has 20 heteroatoms. The van der Waals surface area contributed by atoms with E-state index in [2.05, 4.69) is 25.4 Å². The van der Waals surface area contributed by atoms with E-state index in [4.69, 9.17) is 0 Å². The van der Waals surface area contributed by atoms with Gasteiger partial charge < -0.3 is 19.7 Å². The van der Waals surface area contributed by atoms with E-state index >= 15 is 13.2 Å². The second kappa shape index (κ2) is 18.8. The van der Waals surface area contributed by atoms with Gasteiger partial charge in [-0.15, -0.1) is 0 Å². The molecule has 0 aliphatic carbocycles. The van der Waals surface area contributed by atoms with Crippen LogP contribution in [-0.2, 0) is 30.2 Å². The van der Waals surface area contributed by atoms with Crippen molar-refractivity contribution in [1.29, 1.82) is 0 Å². The molecule has 1 atom stereocenters. The number of piperidine rings is 3. The topological polar surface area (TPSA) is 155 Å². The van der Waals surface area contributed by atoms with Gasteiger partial charge in [0.1, 0.15) is 29.1 Å². The zero-order valence-electron chi connectivity index (χ0n) is 39.3. The number of hydrogen-bond donors (Lipinski definition) is 2. The summed E-state index contributed by atoms with van der Waals surface area (Å²) in [6.45, 7) is 5.89. The zero-order valence-corrected chi connectivity index (χ0v) is 39.3. The molecular formula is C50H55F4N11O5. The van der Waals surface area contributed by atoms with Gasteiger partial charge >= 0.3 is 5.69 Å². The van der Waals surface area contributed by atoms with Gasteiger partial charge in [-0.05, 0) is 87.4 Å². The van der Waals surface area contributed by atoms with Gasteiger partial charge in [-0.1, -0.05) is 0 Å². The molecule has 70 heavy (non-hydrogen) atoms. The smallest absolute Gasteiger partial charge is 0.329 e. The molecule has 0 radical (unpaired) electrons. The van der Waals surface area contributed by atoms with E-state index < -0.39 is 58.3 Å². The van der Waals surface area contributed by atoms with E-state index in [0.29, 0.717) is 111 Å². The average Bonchev–Trinajstić information content (AvgIpc) is 3.79. The lowest BCUT2D eigenvalue weighted by atomic mass is 9.87. The Bertz CT molecular complexity index is 3150. The Morgan fingerprint density at radius 2 is 1.47 bits per heavy atom. The molecule has 368 valence electrons. The number of amides is 3. The maximum Gasteiger partial charge on any atom is 0.329 e. The summed E-state index contributed by atoms with van der Waals surface area (Å²) in [5.41, 5.74) is 2.48. The fourth-order valence-electron chi connectivity index (χ4n) is 11.1. The Morgan fingerprint density at radius 3 is 2.16 bits per heavy atom. The van der Waals surface area contributed by atoms with E-state index in [1.54, 1.807) is 37.3 Å². The van der Waals surface area contributed by atoms with Crippen LogP contribution in [0.3, 0.4) is 0 Å². The van der Waals surface area contributed by atoms with Crippen molar-refractivity contribution in [2.45, 2.75) is 57.0 Å². The summed E-state index contributed by atoms with van der Waals surface area (Å²) in [5.74, 6) is -3.92. The fraction of sp³-hybridized carbons (Fsp3) is 0.440. The molecule has 8 heterocycles. The monoisotopic (exact) mass is 965 g/mol. The largest absolute Gasteiger partial charge is 0.386 e. The summed E-state index contributed by atoms with van der Waals surface area (Å²) >= 11 is 0. The molecule has 16 nitrogen and oxygen atoms in total. The Labute approximate surface area is 400 Å². The number of aryl methyl sites for hydroxylation is 2. The number of likely N-dealkylation sites (tertiary alicyclic amines) is 2. The number of nitrogens with one attached hydrogen (secondary N) is 2. The van der Waals surface area contributed by atoms with Crippen molar-refractivity contribution >= 4 is 51.2 Å². The Kier molecular flexibility index (Phi) is 12.6. The summed E-state index contributed by atoms with van der Waals surface area (Å²) in [6, 6.07) is 9.23. The Hall–Kier alpha value is -6.80. The number of imide groups is 1. The van der Waals surface area contributed by atoms with Crippen LogP contribution in [0.25, 0.3) is 27.8 Å². The van der Waals surface area contributed by atoms with Crippen LogP contribution in [0.4, 0.5) is 28.9 Å². The maximum atomic E-state index is 15.8. The number of anilines is 2. The van der Waals surface area contributed by atoms with Crippen LogP contribution in [0.1, 0.15) is 72.1 Å². The third kappa shape index (κ3) is 8.64. The molecule has 10 rings (SSSR count). The highest BCUT2D eigenvalue weighted by atomic mass is 19.1. The zero-order chi connectivity index (χ0) is 49.1. The lowest BCUT2D eigenvalue weighted by Gasteiger charge is -2.39. The minimum absolute atomic E-state index is 0.00415. The van der Waals surface area contributed by atoms with Crippen molar-refractivity contribution in [3.05, 3.63) is 116 Å². The van der Waals surface area contributed by atoms with Crippen molar-refractivity contribution in [3.63, 3.8) is 0 Å². The first-order valence-corrected chi connectivity index (χ1v) is 23.9. The number of carbonyl (C=O) groups excluding carboxylic acids is 3. The van der Waals surface area contributed by atoms with Gasteiger partial charge in [0.25, 0.3) is 11.5 Å². The Morgan fingerprint density at radius 1 is 0.757 bits per heavy atom. The summed E-state index contributed by atoms with van der Waals surface area (Å²) in [4.78, 5) is 76.8. The number of imidazole rings is 1. The first-order valence-electron chi connectivity index (χ1n) is 23.9. The third-order valence-electron chi connectivity index (χ3n) is 15.1. The number of pyridine rings is 2. The molecule has 1 unspecified atom stereocenters. The number of carbonyl (C=O) groups is 3. The molecule has 2 N–H and O–H groups in total. The second-order valence-corrected chi connectivity index (χ2v) is 19.2. The molecule has 4 aliphatic heterocycles. The van der Waals surface area contributed by atoms with Crippen molar-refractivity contribution in [2.75, 3.05) is 76.2 Å². The first-order chi connectivity index (χ1) is 33.7. The molecule has 4 aromatic heterocycles. The van der Waals surface area contributed by atoms with Crippen molar-refractivity contribution < 1.29 is 31.9 Å². The number of hydrogen-bond acceptors (Lipinski definition) is 10. The number of aromatic nitrogens is 5. The quantitative estimate of drug-likeness (QED) is 0.142. The van der Waals surface area contributed by atoms with E-state index in [0.717, 1.165) is 31.3 Å². The Balaban J connectivity index is 0.712. The molecule has 0 saturated carbocycles. The van der Waals surface area contributed by atoms with E-state index in [1.165, 1.54) is 38.0 Å². The molecular weight excluding hydrogens is 911 g/mol. The van der Waals surface area contributed by atoms with Gasteiger partial charge in [-0.25, -0.2) is 27.3 Å². The van der Waals surface area contributed by atoms with E-state index in [1.807, 2.05) is 22.6 Å². The van der Waals surface area contributed by atoms with E-state index in [9.17, 15) is 28.4 Å². The third-order valence-corrected chi connectivity index (χ3v) is 15.1. The second-order valence-electron chi connectivity index (χ2n) is 19.2. The highest BCUT2D eigenvalue weighted by Gasteiger charge is 2.34. The van der Waals surface area contributed by atoms with Crippen LogP contribution < -0.4 is 26.8 Å². The van der Waals surface area contributed by atoms with Crippen LogP contribution in [0.2, 0.25) is 0 Å². The van der Waals surface area contributed by atoms with E-state index in [-0.39, 0.29) is 35.6 Å². The van der Waals surface area contributed by atoms with Gasteiger partial charge in [0.05, 0.1) is 34.3 Å². The fourth-order valence-corrected chi connectivity index (χ4v) is 11.1. The van der Waals surface area contributed by atoms with Gasteiger partial charge in [-0.2, -0.15) is 0 Å². The molecule has 0 spiro atoms. The van der Waals surface area contributed by atoms with Crippen LogP contribution in [0, 0.1) is 29.2 Å². The van der Waals surface area contributed by atoms with Crippen LogP contribution >= 0.6 is 0 Å². The lowest BCUT2D eigenvalue weighted by Crippen LogP contribution is -2.49. The van der Waals surface area contributed by atoms with Gasteiger partial charge in [0.2, 0.25) is 11.8 Å². The molecule has 4 fully saturated rings. The standard InChI is InChI=1S/C50H55F4N11O5/c1-55-38-24-45(67)64(28-37(38)54)39-6-11-56-47-33(39)22-32(58(47)2)27-60-12-9-30(10-13-60)46-35(52)20-31(21-36(46)53)49(69)63-14-7-29(8-15-63)26-61-16-18-62(19-17-61)41-25-42-43(23-34(41)51)65(50(70)59(42)3)40-4-5-44(66)57-48(40)68/h6,11,20-25,28-30,40,55H,4-5,7-10,12-19,26-27H2,1-3H3,(H,57,66,68). The van der Waals surface area contributed by atoms with Gasteiger partial charge in [-0.3, -0.25) is 48.0 Å². The number of rotatable bonds is 10. The molecule has 2 aromatic carbocycles. The van der Waals surface area contributed by atoms with Crippen LogP contribution in [0.15, 0.2) is 64.4 Å². The lowest BCUT2D eigenvalue weighted by molar-refractivity contribution is -0.135. The SMILES string of the molecule is CNc1cc(=O)n(-c2ccnc3c2cc(CN2CCC(c4c(F)cc(C(=O)N5CCC(CN6CCN(c7cc8c(cc7F)n(C7CCC(=O)NC7=O)c(=O)n8C)CC6)CC5)cc4F)CC2)n3C)cc1F.